The van der Waals surface area contributed by atoms with Crippen LogP contribution in [0.25, 0.3) is 10.9 Å². The summed E-state index contributed by atoms with van der Waals surface area (Å²) in [6, 6.07) is 8.87. The lowest BCUT2D eigenvalue weighted by molar-refractivity contribution is 0.0658. The summed E-state index contributed by atoms with van der Waals surface area (Å²) >= 11 is 0. The Balaban J connectivity index is 1.72. The molecule has 1 atom stereocenters. The monoisotopic (exact) mass is 351 g/mol. The van der Waals surface area contributed by atoms with E-state index in [9.17, 15) is 9.59 Å². The third-order valence-electron chi connectivity index (χ3n) is 5.05. The molecule has 0 bridgehead atoms. The minimum Gasteiger partial charge on any atom is -0.467 e. The second-order valence-electron chi connectivity index (χ2n) is 6.77. The molecule has 0 radical (unpaired) electrons. The summed E-state index contributed by atoms with van der Waals surface area (Å²) in [6.07, 6.45) is 7.19. The van der Waals surface area contributed by atoms with Gasteiger partial charge in [-0.15, -0.1) is 0 Å². The summed E-state index contributed by atoms with van der Waals surface area (Å²) in [5.74, 6) is 0.783. The van der Waals surface area contributed by atoms with Crippen LogP contribution in [0.1, 0.15) is 47.8 Å². The average Bonchev–Trinajstić information content (AvgIpc) is 3.08. The molecule has 0 aliphatic carbocycles. The highest BCUT2D eigenvalue weighted by Crippen LogP contribution is 2.31. The predicted molar refractivity (Wildman–Crippen MR) is 97.9 cm³/mol. The van der Waals surface area contributed by atoms with Crippen molar-refractivity contribution in [2.75, 3.05) is 6.54 Å². The summed E-state index contributed by atoms with van der Waals surface area (Å²) < 4.78 is 7.03. The highest BCUT2D eigenvalue weighted by Gasteiger charge is 2.29. The molecule has 3 aromatic rings. The summed E-state index contributed by atoms with van der Waals surface area (Å²) in [6.45, 7) is 0.701. The van der Waals surface area contributed by atoms with Crippen molar-refractivity contribution >= 4 is 16.8 Å². The summed E-state index contributed by atoms with van der Waals surface area (Å²) in [4.78, 5) is 31.6. The van der Waals surface area contributed by atoms with Crippen molar-refractivity contribution in [1.29, 1.82) is 0 Å². The van der Waals surface area contributed by atoms with Gasteiger partial charge in [-0.2, -0.15) is 0 Å². The first kappa shape index (κ1) is 16.6. The number of hydrogen-bond acceptors (Lipinski definition) is 4. The molecule has 1 saturated heterocycles. The first-order chi connectivity index (χ1) is 12.6. The first-order valence-electron chi connectivity index (χ1n) is 8.95. The Morgan fingerprint density at radius 2 is 2.12 bits per heavy atom. The third-order valence-corrected chi connectivity index (χ3v) is 5.05. The Labute approximate surface area is 151 Å². The van der Waals surface area contributed by atoms with Gasteiger partial charge in [0.15, 0.2) is 0 Å². The van der Waals surface area contributed by atoms with Crippen LogP contribution in [0.4, 0.5) is 0 Å². The van der Waals surface area contributed by atoms with Crippen molar-refractivity contribution < 1.29 is 9.21 Å². The van der Waals surface area contributed by atoms with Gasteiger partial charge in [0.2, 0.25) is 0 Å². The number of amides is 1. The highest BCUT2D eigenvalue weighted by atomic mass is 16.3. The zero-order valence-electron chi connectivity index (χ0n) is 14.7. The number of rotatable bonds is 2. The van der Waals surface area contributed by atoms with Crippen LogP contribution in [0.5, 0.6) is 0 Å². The smallest absolute Gasteiger partial charge is 0.260 e. The predicted octanol–water partition coefficient (Wildman–Crippen LogP) is 3.28. The van der Waals surface area contributed by atoms with E-state index in [0.29, 0.717) is 23.0 Å². The van der Waals surface area contributed by atoms with Crippen molar-refractivity contribution in [1.82, 2.24) is 14.5 Å². The molecule has 6 nitrogen and oxygen atoms in total. The number of likely N-dealkylation sites (tertiary alicyclic amines) is 1. The molecular weight excluding hydrogens is 330 g/mol. The third kappa shape index (κ3) is 2.92. The van der Waals surface area contributed by atoms with Gasteiger partial charge in [0, 0.05) is 19.2 Å². The van der Waals surface area contributed by atoms with E-state index < -0.39 is 0 Å². The van der Waals surface area contributed by atoms with E-state index in [1.54, 1.807) is 31.5 Å². The number of nitrogens with zero attached hydrogens (tertiary/aromatic N) is 3. The van der Waals surface area contributed by atoms with Gasteiger partial charge in [-0.3, -0.25) is 9.59 Å². The molecule has 0 spiro atoms. The van der Waals surface area contributed by atoms with Gasteiger partial charge in [-0.25, -0.2) is 4.98 Å². The van der Waals surface area contributed by atoms with E-state index in [-0.39, 0.29) is 17.5 Å². The van der Waals surface area contributed by atoms with Gasteiger partial charge in [-0.1, -0.05) is 12.8 Å². The van der Waals surface area contributed by atoms with E-state index in [0.717, 1.165) is 31.4 Å². The number of benzene rings is 1. The molecule has 1 amide bonds. The molecule has 1 aliphatic rings. The van der Waals surface area contributed by atoms with Crippen LogP contribution in [0.15, 0.2) is 52.1 Å². The molecule has 6 heteroatoms. The lowest BCUT2D eigenvalue weighted by Crippen LogP contribution is -2.34. The van der Waals surface area contributed by atoms with Gasteiger partial charge >= 0.3 is 0 Å². The van der Waals surface area contributed by atoms with Crippen molar-refractivity contribution in [3.8, 4) is 0 Å². The van der Waals surface area contributed by atoms with Gasteiger partial charge in [-0.05, 0) is 43.2 Å². The zero-order chi connectivity index (χ0) is 18.1. The molecule has 1 aliphatic heterocycles. The molecule has 0 N–H and O–H groups in total. The van der Waals surface area contributed by atoms with Crippen LogP contribution < -0.4 is 5.56 Å². The van der Waals surface area contributed by atoms with Crippen molar-refractivity contribution in [3.63, 3.8) is 0 Å². The van der Waals surface area contributed by atoms with Crippen LogP contribution >= 0.6 is 0 Å². The Morgan fingerprint density at radius 1 is 1.23 bits per heavy atom. The lowest BCUT2D eigenvalue weighted by atomic mass is 10.1. The van der Waals surface area contributed by atoms with Gasteiger partial charge in [0.05, 0.1) is 29.5 Å². The second kappa shape index (κ2) is 6.78. The van der Waals surface area contributed by atoms with Crippen molar-refractivity contribution in [2.45, 2.75) is 31.7 Å². The Kier molecular flexibility index (Phi) is 4.32. The summed E-state index contributed by atoms with van der Waals surface area (Å²) in [7, 11) is 1.67. The van der Waals surface area contributed by atoms with Crippen molar-refractivity contribution in [3.05, 3.63) is 64.6 Å². The molecule has 3 heterocycles. The molecular formula is C20H21N3O3. The van der Waals surface area contributed by atoms with Gasteiger partial charge in [0.1, 0.15) is 5.76 Å². The molecule has 0 saturated carbocycles. The fourth-order valence-electron chi connectivity index (χ4n) is 3.64. The maximum Gasteiger partial charge on any atom is 0.260 e. The maximum absolute atomic E-state index is 13.2. The number of carbonyl (C=O) groups excluding carboxylic acids is 1. The lowest BCUT2D eigenvalue weighted by Gasteiger charge is -2.28. The molecule has 1 fully saturated rings. The number of fused-ring (bicyclic) bond motifs is 1. The van der Waals surface area contributed by atoms with Crippen LogP contribution in [-0.2, 0) is 7.05 Å². The summed E-state index contributed by atoms with van der Waals surface area (Å²) in [5.41, 5.74) is 0.984. The van der Waals surface area contributed by atoms with E-state index in [1.165, 1.54) is 10.9 Å². The van der Waals surface area contributed by atoms with Crippen LogP contribution in [-0.4, -0.2) is 26.9 Å². The quantitative estimate of drug-likeness (QED) is 0.710. The fraction of sp³-hybridized carbons (Fsp3) is 0.350. The molecule has 2 aromatic heterocycles. The summed E-state index contributed by atoms with van der Waals surface area (Å²) in [5, 5.41) is 0.519. The minimum atomic E-state index is -0.114. The highest BCUT2D eigenvalue weighted by molar-refractivity contribution is 5.97. The van der Waals surface area contributed by atoms with Crippen LogP contribution in [0.3, 0.4) is 0 Å². The number of aromatic nitrogens is 2. The van der Waals surface area contributed by atoms with E-state index in [4.69, 9.17) is 4.42 Å². The molecule has 4 rings (SSSR count). The van der Waals surface area contributed by atoms with E-state index >= 15 is 0 Å². The number of carbonyl (C=O) groups is 1. The molecule has 1 aromatic carbocycles. The average molecular weight is 351 g/mol. The van der Waals surface area contributed by atoms with Gasteiger partial charge < -0.3 is 13.9 Å². The Bertz CT molecular complexity index is 991. The Hall–Kier alpha value is -2.89. The van der Waals surface area contributed by atoms with Crippen molar-refractivity contribution in [2.24, 2.45) is 7.05 Å². The maximum atomic E-state index is 13.2. The second-order valence-corrected chi connectivity index (χ2v) is 6.77. The van der Waals surface area contributed by atoms with Gasteiger partial charge in [0.25, 0.3) is 11.5 Å². The molecule has 134 valence electrons. The molecule has 1 unspecified atom stereocenters. The standard InChI is InChI=1S/C20H21N3O3/c1-22-13-21-16-12-14(8-9-15(16)20(22)25)19(24)23-10-4-2-3-6-17(23)18-7-5-11-26-18/h5,7-9,11-13,17H,2-4,6,10H2,1H3. The SMILES string of the molecule is Cn1cnc2cc(C(=O)N3CCCCCC3c3ccco3)ccc2c1=O. The topological polar surface area (TPSA) is 68.3 Å². The Morgan fingerprint density at radius 3 is 2.92 bits per heavy atom. The van der Waals surface area contributed by atoms with Crippen LogP contribution in [0, 0.1) is 0 Å². The largest absolute Gasteiger partial charge is 0.467 e. The normalized spacial score (nSPS) is 18.0. The minimum absolute atomic E-state index is 0.0438. The van der Waals surface area contributed by atoms with Crippen LogP contribution in [0.2, 0.25) is 0 Å². The number of hydrogen-bond donors (Lipinski definition) is 0. The zero-order valence-corrected chi connectivity index (χ0v) is 14.7. The molecule has 26 heavy (non-hydrogen) atoms. The number of furan rings is 1. The number of aryl methyl sites for hydroxylation is 1. The first-order valence-corrected chi connectivity index (χ1v) is 8.95. The fourth-order valence-corrected chi connectivity index (χ4v) is 3.64. The van der Waals surface area contributed by atoms with E-state index in [2.05, 4.69) is 4.98 Å². The van der Waals surface area contributed by atoms with E-state index in [1.807, 2.05) is 17.0 Å².